The van der Waals surface area contributed by atoms with E-state index in [4.69, 9.17) is 15.5 Å². The number of carbonyl (C=O) groups excluding carboxylic acids is 2. The van der Waals surface area contributed by atoms with E-state index in [2.05, 4.69) is 12.1 Å². The number of carbonyl (C=O) groups is 2. The number of fused-ring (bicyclic) bond motifs is 1. The largest absolute Gasteiger partial charge is 0.449 e. The van der Waals surface area contributed by atoms with E-state index in [1.54, 1.807) is 12.1 Å². The van der Waals surface area contributed by atoms with E-state index in [1.807, 2.05) is 60.7 Å². The van der Waals surface area contributed by atoms with Gasteiger partial charge in [0.05, 0.1) is 16.8 Å². The summed E-state index contributed by atoms with van der Waals surface area (Å²) in [5.74, 6) is -1.31. The van der Waals surface area contributed by atoms with Gasteiger partial charge in [-0.15, -0.1) is 0 Å². The molecule has 0 aliphatic carbocycles. The van der Waals surface area contributed by atoms with E-state index in [1.165, 1.54) is 6.92 Å². The number of aromatic nitrogens is 1. The highest BCUT2D eigenvalue weighted by Crippen LogP contribution is 2.28. The standard InChI is InChI=1S/C25H20N2O3/c1-16(24(26)28)30-25(29)21-15-23(27-22-10-6-5-9-20(21)22)19-13-11-18(12-14-19)17-7-3-2-4-8-17/h2-16H,1H3,(H2,26,28). The molecule has 4 rings (SSSR count). The third kappa shape index (κ3) is 3.91. The van der Waals surface area contributed by atoms with E-state index in [-0.39, 0.29) is 0 Å². The Morgan fingerprint density at radius 2 is 1.43 bits per heavy atom. The second-order valence-corrected chi connectivity index (χ2v) is 6.97. The van der Waals surface area contributed by atoms with Gasteiger partial charge in [0, 0.05) is 10.9 Å². The fourth-order valence-corrected chi connectivity index (χ4v) is 3.24. The van der Waals surface area contributed by atoms with Crippen molar-refractivity contribution >= 4 is 22.8 Å². The molecular formula is C25H20N2O3. The Hall–Kier alpha value is -3.99. The number of pyridine rings is 1. The number of esters is 1. The summed E-state index contributed by atoms with van der Waals surface area (Å²) in [6.07, 6.45) is -1.02. The van der Waals surface area contributed by atoms with Gasteiger partial charge in [-0.05, 0) is 30.2 Å². The number of para-hydroxylation sites is 1. The molecule has 148 valence electrons. The summed E-state index contributed by atoms with van der Waals surface area (Å²) in [5.41, 5.74) is 9.98. The quantitative estimate of drug-likeness (QED) is 0.500. The van der Waals surface area contributed by atoms with Gasteiger partial charge in [-0.1, -0.05) is 72.8 Å². The molecule has 4 aromatic rings. The predicted molar refractivity (Wildman–Crippen MR) is 117 cm³/mol. The van der Waals surface area contributed by atoms with Gasteiger partial charge in [-0.25, -0.2) is 9.78 Å². The van der Waals surface area contributed by atoms with Crippen molar-refractivity contribution in [1.29, 1.82) is 0 Å². The normalized spacial score (nSPS) is 11.8. The number of primary amides is 1. The summed E-state index contributed by atoms with van der Waals surface area (Å²) in [6, 6.07) is 27.1. The molecular weight excluding hydrogens is 376 g/mol. The average Bonchev–Trinajstić information content (AvgIpc) is 2.79. The van der Waals surface area contributed by atoms with Crippen molar-refractivity contribution in [3.63, 3.8) is 0 Å². The molecule has 5 nitrogen and oxygen atoms in total. The van der Waals surface area contributed by atoms with E-state index < -0.39 is 18.0 Å². The minimum absolute atomic E-state index is 0.343. The monoisotopic (exact) mass is 396 g/mol. The number of hydrogen-bond acceptors (Lipinski definition) is 4. The maximum atomic E-state index is 12.7. The van der Waals surface area contributed by atoms with Crippen molar-refractivity contribution in [2.75, 3.05) is 0 Å². The van der Waals surface area contributed by atoms with Crippen LogP contribution in [0.1, 0.15) is 17.3 Å². The number of nitrogens with two attached hydrogens (primary N) is 1. The molecule has 0 saturated carbocycles. The van der Waals surface area contributed by atoms with Gasteiger partial charge in [-0.2, -0.15) is 0 Å². The Morgan fingerprint density at radius 3 is 2.13 bits per heavy atom. The van der Waals surface area contributed by atoms with Crippen LogP contribution in [0, 0.1) is 0 Å². The number of ether oxygens (including phenoxy) is 1. The summed E-state index contributed by atoms with van der Waals surface area (Å²) in [7, 11) is 0. The van der Waals surface area contributed by atoms with Gasteiger partial charge in [0.25, 0.3) is 5.91 Å². The molecule has 2 N–H and O–H groups in total. The van der Waals surface area contributed by atoms with Crippen LogP contribution in [0.3, 0.4) is 0 Å². The highest BCUT2D eigenvalue weighted by molar-refractivity contribution is 6.05. The van der Waals surface area contributed by atoms with Gasteiger partial charge in [0.2, 0.25) is 0 Å². The second-order valence-electron chi connectivity index (χ2n) is 6.97. The van der Waals surface area contributed by atoms with Gasteiger partial charge < -0.3 is 10.5 Å². The molecule has 0 aliphatic heterocycles. The topological polar surface area (TPSA) is 82.3 Å². The molecule has 0 fully saturated rings. The van der Waals surface area contributed by atoms with Crippen LogP contribution in [-0.4, -0.2) is 23.0 Å². The number of amides is 1. The van der Waals surface area contributed by atoms with E-state index in [0.717, 1.165) is 16.7 Å². The van der Waals surface area contributed by atoms with Gasteiger partial charge >= 0.3 is 5.97 Å². The summed E-state index contributed by atoms with van der Waals surface area (Å²) < 4.78 is 5.23. The molecule has 1 aromatic heterocycles. The van der Waals surface area contributed by atoms with Crippen LogP contribution in [0.5, 0.6) is 0 Å². The first-order valence-corrected chi connectivity index (χ1v) is 9.59. The van der Waals surface area contributed by atoms with Crippen LogP contribution in [0.25, 0.3) is 33.3 Å². The minimum atomic E-state index is -1.02. The van der Waals surface area contributed by atoms with Crippen LogP contribution in [-0.2, 0) is 9.53 Å². The van der Waals surface area contributed by atoms with Gasteiger partial charge in [-0.3, -0.25) is 4.79 Å². The molecule has 0 saturated heterocycles. The molecule has 0 radical (unpaired) electrons. The summed E-state index contributed by atoms with van der Waals surface area (Å²) in [5, 5.41) is 0.656. The lowest BCUT2D eigenvalue weighted by atomic mass is 10.0. The SMILES string of the molecule is CC(OC(=O)c1cc(-c2ccc(-c3ccccc3)cc2)nc2ccccc12)C(N)=O. The van der Waals surface area contributed by atoms with E-state index in [0.29, 0.717) is 22.2 Å². The molecule has 30 heavy (non-hydrogen) atoms. The summed E-state index contributed by atoms with van der Waals surface area (Å²) in [4.78, 5) is 28.7. The zero-order valence-electron chi connectivity index (χ0n) is 16.4. The fraction of sp³-hybridized carbons (Fsp3) is 0.0800. The molecule has 0 bridgehead atoms. The Balaban J connectivity index is 1.75. The lowest BCUT2D eigenvalue weighted by molar-refractivity contribution is -0.125. The molecule has 0 aliphatic rings. The first-order chi connectivity index (χ1) is 14.5. The van der Waals surface area contributed by atoms with Crippen molar-refractivity contribution in [1.82, 2.24) is 4.98 Å². The number of nitrogens with zero attached hydrogens (tertiary/aromatic N) is 1. The molecule has 3 aromatic carbocycles. The van der Waals surface area contributed by atoms with Crippen LogP contribution < -0.4 is 5.73 Å². The number of benzene rings is 3. The maximum absolute atomic E-state index is 12.7. The zero-order valence-corrected chi connectivity index (χ0v) is 16.4. The molecule has 1 amide bonds. The number of rotatable bonds is 5. The maximum Gasteiger partial charge on any atom is 0.339 e. The molecule has 5 heteroatoms. The van der Waals surface area contributed by atoms with Gasteiger partial charge in [0.1, 0.15) is 0 Å². The minimum Gasteiger partial charge on any atom is -0.449 e. The third-order valence-electron chi connectivity index (χ3n) is 4.91. The first-order valence-electron chi connectivity index (χ1n) is 9.59. The Bertz CT molecular complexity index is 1220. The van der Waals surface area contributed by atoms with Crippen LogP contribution in [0.4, 0.5) is 0 Å². The van der Waals surface area contributed by atoms with Crippen LogP contribution >= 0.6 is 0 Å². The van der Waals surface area contributed by atoms with Gasteiger partial charge in [0.15, 0.2) is 6.10 Å². The molecule has 1 heterocycles. The smallest absolute Gasteiger partial charge is 0.339 e. The first kappa shape index (κ1) is 19.3. The van der Waals surface area contributed by atoms with Crippen molar-refractivity contribution in [2.24, 2.45) is 5.73 Å². The number of hydrogen-bond donors (Lipinski definition) is 1. The van der Waals surface area contributed by atoms with E-state index >= 15 is 0 Å². The summed E-state index contributed by atoms with van der Waals surface area (Å²) in [6.45, 7) is 1.45. The van der Waals surface area contributed by atoms with E-state index in [9.17, 15) is 9.59 Å². The van der Waals surface area contributed by atoms with Crippen molar-refractivity contribution < 1.29 is 14.3 Å². The highest BCUT2D eigenvalue weighted by atomic mass is 16.5. The van der Waals surface area contributed by atoms with Crippen molar-refractivity contribution in [3.05, 3.63) is 90.5 Å². The van der Waals surface area contributed by atoms with Crippen molar-refractivity contribution in [2.45, 2.75) is 13.0 Å². The Labute approximate surface area is 174 Å². The predicted octanol–water partition coefficient (Wildman–Crippen LogP) is 4.60. The fourth-order valence-electron chi connectivity index (χ4n) is 3.24. The Kier molecular flexibility index (Phi) is 5.26. The highest BCUT2D eigenvalue weighted by Gasteiger charge is 2.20. The molecule has 0 spiro atoms. The lowest BCUT2D eigenvalue weighted by Gasteiger charge is -2.13. The Morgan fingerprint density at radius 1 is 0.833 bits per heavy atom. The van der Waals surface area contributed by atoms with Crippen LogP contribution in [0.2, 0.25) is 0 Å². The molecule has 1 atom stereocenters. The van der Waals surface area contributed by atoms with Crippen LogP contribution in [0.15, 0.2) is 84.9 Å². The third-order valence-corrected chi connectivity index (χ3v) is 4.91. The summed E-state index contributed by atoms with van der Waals surface area (Å²) >= 11 is 0. The lowest BCUT2D eigenvalue weighted by Crippen LogP contribution is -2.30. The average molecular weight is 396 g/mol. The zero-order chi connectivity index (χ0) is 21.1. The molecule has 1 unspecified atom stereocenters. The second kappa shape index (κ2) is 8.17. The van der Waals surface area contributed by atoms with Crippen molar-refractivity contribution in [3.8, 4) is 22.4 Å².